The molecule has 0 radical (unpaired) electrons. The molecule has 0 heterocycles. The molecule has 20 heavy (non-hydrogen) atoms. The Morgan fingerprint density at radius 2 is 2.15 bits per heavy atom. The van der Waals surface area contributed by atoms with E-state index in [0.717, 1.165) is 12.1 Å². The summed E-state index contributed by atoms with van der Waals surface area (Å²) in [6.45, 7) is 0.747. The molecule has 5 nitrogen and oxygen atoms in total. The minimum absolute atomic E-state index is 0.0177. The Morgan fingerprint density at radius 1 is 1.40 bits per heavy atom. The Kier molecular flexibility index (Phi) is 4.84. The number of benzene rings is 1. The van der Waals surface area contributed by atoms with Crippen molar-refractivity contribution in [1.29, 1.82) is 0 Å². The van der Waals surface area contributed by atoms with Crippen LogP contribution in [0, 0.1) is 0 Å². The summed E-state index contributed by atoms with van der Waals surface area (Å²) in [5.41, 5.74) is 1.02. The molecule has 1 aromatic carbocycles. The zero-order valence-electron chi connectivity index (χ0n) is 12.3. The molecule has 1 N–H and O–H groups in total. The van der Waals surface area contributed by atoms with E-state index in [0.29, 0.717) is 17.5 Å². The molecule has 0 aliphatic heterocycles. The third-order valence-corrected chi connectivity index (χ3v) is 3.28. The molecule has 0 unspecified atom stereocenters. The van der Waals surface area contributed by atoms with Crippen LogP contribution in [0.4, 0.5) is 0 Å². The summed E-state index contributed by atoms with van der Waals surface area (Å²) in [6, 6.07) is 6.39. The van der Waals surface area contributed by atoms with Gasteiger partial charge in [-0.2, -0.15) is 0 Å². The van der Waals surface area contributed by atoms with E-state index in [1.165, 1.54) is 17.7 Å². The molecule has 1 aliphatic carbocycles. The number of hydrogen-bond donors (Lipinski definition) is 1. The van der Waals surface area contributed by atoms with Crippen molar-refractivity contribution in [3.63, 3.8) is 0 Å². The number of nitrogens with one attached hydrogen (secondary N) is 1. The van der Waals surface area contributed by atoms with Crippen molar-refractivity contribution in [3.05, 3.63) is 23.8 Å². The molecule has 1 fully saturated rings. The van der Waals surface area contributed by atoms with Gasteiger partial charge in [-0.25, -0.2) is 0 Å². The van der Waals surface area contributed by atoms with E-state index in [1.54, 1.807) is 21.2 Å². The molecule has 0 aromatic heterocycles. The van der Waals surface area contributed by atoms with E-state index in [9.17, 15) is 4.79 Å². The molecule has 2 rings (SSSR count). The average molecular weight is 278 g/mol. The normalized spacial score (nSPS) is 13.9. The highest BCUT2D eigenvalue weighted by atomic mass is 16.5. The zero-order valence-corrected chi connectivity index (χ0v) is 12.3. The van der Waals surface area contributed by atoms with Crippen LogP contribution < -0.4 is 14.8 Å². The van der Waals surface area contributed by atoms with Gasteiger partial charge in [0.25, 0.3) is 5.91 Å². The van der Waals surface area contributed by atoms with Crippen LogP contribution in [-0.2, 0) is 11.3 Å². The van der Waals surface area contributed by atoms with Crippen LogP contribution in [0.3, 0.4) is 0 Å². The molecule has 0 saturated heterocycles. The predicted molar refractivity (Wildman–Crippen MR) is 77.0 cm³/mol. The monoisotopic (exact) mass is 278 g/mol. The second-order valence-electron chi connectivity index (χ2n) is 5.18. The number of carbonyl (C=O) groups is 1. The van der Waals surface area contributed by atoms with E-state index in [1.807, 2.05) is 18.2 Å². The highest BCUT2D eigenvalue weighted by Gasteiger charge is 2.21. The highest BCUT2D eigenvalue weighted by molar-refractivity contribution is 5.77. The quantitative estimate of drug-likeness (QED) is 0.819. The lowest BCUT2D eigenvalue weighted by Crippen LogP contribution is -2.28. The molecular weight excluding hydrogens is 256 g/mol. The molecule has 5 heteroatoms. The summed E-state index contributed by atoms with van der Waals surface area (Å²) in [5, 5.41) is 3.44. The van der Waals surface area contributed by atoms with Gasteiger partial charge in [-0.1, -0.05) is 12.1 Å². The highest BCUT2D eigenvalue weighted by Crippen LogP contribution is 2.31. The van der Waals surface area contributed by atoms with Gasteiger partial charge in [0.1, 0.15) is 0 Å². The van der Waals surface area contributed by atoms with Gasteiger partial charge in [-0.3, -0.25) is 4.79 Å². The summed E-state index contributed by atoms with van der Waals surface area (Å²) >= 11 is 0. The number of rotatable bonds is 7. The van der Waals surface area contributed by atoms with Gasteiger partial charge in [-0.15, -0.1) is 0 Å². The lowest BCUT2D eigenvalue weighted by atomic mass is 10.2. The molecule has 1 saturated carbocycles. The van der Waals surface area contributed by atoms with Gasteiger partial charge in [0.15, 0.2) is 18.1 Å². The minimum Gasteiger partial charge on any atom is -0.493 e. The number of nitrogens with zero attached hydrogens (tertiary/aromatic N) is 1. The summed E-state index contributed by atoms with van der Waals surface area (Å²) in [7, 11) is 5.03. The van der Waals surface area contributed by atoms with Gasteiger partial charge < -0.3 is 19.7 Å². The summed E-state index contributed by atoms with van der Waals surface area (Å²) in [4.78, 5) is 13.2. The van der Waals surface area contributed by atoms with Gasteiger partial charge >= 0.3 is 0 Å². The third-order valence-electron chi connectivity index (χ3n) is 3.28. The first-order chi connectivity index (χ1) is 9.61. The standard InChI is InChI=1S/C15H22N2O3/c1-17(2)14(18)10-20-15-11(9-16-12-7-8-12)5-4-6-13(15)19-3/h4-6,12,16H,7-10H2,1-3H3. The molecule has 0 atom stereocenters. The lowest BCUT2D eigenvalue weighted by molar-refractivity contribution is -0.130. The number of para-hydroxylation sites is 1. The first kappa shape index (κ1) is 14.7. The van der Waals surface area contributed by atoms with E-state index >= 15 is 0 Å². The van der Waals surface area contributed by atoms with Crippen molar-refractivity contribution in [1.82, 2.24) is 10.2 Å². The third kappa shape index (κ3) is 3.87. The van der Waals surface area contributed by atoms with Crippen LogP contribution in [0.1, 0.15) is 18.4 Å². The maximum Gasteiger partial charge on any atom is 0.259 e. The zero-order chi connectivity index (χ0) is 14.5. The van der Waals surface area contributed by atoms with E-state index < -0.39 is 0 Å². The van der Waals surface area contributed by atoms with Gasteiger partial charge in [0, 0.05) is 32.2 Å². The van der Waals surface area contributed by atoms with Gasteiger partial charge in [-0.05, 0) is 18.9 Å². The van der Waals surface area contributed by atoms with Crippen molar-refractivity contribution in [2.75, 3.05) is 27.8 Å². The second kappa shape index (κ2) is 6.61. The minimum atomic E-state index is -0.0722. The second-order valence-corrected chi connectivity index (χ2v) is 5.18. The predicted octanol–water partition coefficient (Wildman–Crippen LogP) is 1.41. The number of ether oxygens (including phenoxy) is 2. The first-order valence-electron chi connectivity index (χ1n) is 6.84. The number of methoxy groups -OCH3 is 1. The Morgan fingerprint density at radius 3 is 2.75 bits per heavy atom. The van der Waals surface area contributed by atoms with E-state index in [-0.39, 0.29) is 12.5 Å². The molecular formula is C15H22N2O3. The van der Waals surface area contributed by atoms with Crippen LogP contribution in [0.15, 0.2) is 18.2 Å². The summed E-state index contributed by atoms with van der Waals surface area (Å²) in [5.74, 6) is 1.24. The Balaban J connectivity index is 2.07. The van der Waals surface area contributed by atoms with Crippen molar-refractivity contribution in [2.45, 2.75) is 25.4 Å². The van der Waals surface area contributed by atoms with Crippen LogP contribution in [-0.4, -0.2) is 44.7 Å². The number of carbonyl (C=O) groups excluding carboxylic acids is 1. The van der Waals surface area contributed by atoms with Gasteiger partial charge in [0.2, 0.25) is 0 Å². The average Bonchev–Trinajstić information content (AvgIpc) is 3.26. The fraction of sp³-hybridized carbons (Fsp3) is 0.533. The number of likely N-dealkylation sites (N-methyl/N-ethyl adjacent to an activating group) is 1. The molecule has 110 valence electrons. The smallest absolute Gasteiger partial charge is 0.259 e. The van der Waals surface area contributed by atoms with Gasteiger partial charge in [0.05, 0.1) is 7.11 Å². The maximum absolute atomic E-state index is 11.6. The maximum atomic E-state index is 11.6. The largest absolute Gasteiger partial charge is 0.493 e. The van der Waals surface area contributed by atoms with Crippen molar-refractivity contribution in [2.24, 2.45) is 0 Å². The van der Waals surface area contributed by atoms with E-state index in [4.69, 9.17) is 9.47 Å². The van der Waals surface area contributed by atoms with E-state index in [2.05, 4.69) is 5.32 Å². The number of hydrogen-bond acceptors (Lipinski definition) is 4. The van der Waals surface area contributed by atoms with Crippen molar-refractivity contribution in [3.8, 4) is 11.5 Å². The molecule has 0 spiro atoms. The van der Waals surface area contributed by atoms with Crippen LogP contribution in [0.5, 0.6) is 11.5 Å². The molecule has 1 aromatic rings. The molecule has 1 amide bonds. The summed E-state index contributed by atoms with van der Waals surface area (Å²) < 4.78 is 11.0. The fourth-order valence-corrected chi connectivity index (χ4v) is 1.83. The summed E-state index contributed by atoms with van der Waals surface area (Å²) in [6.07, 6.45) is 2.47. The molecule has 0 bridgehead atoms. The Bertz CT molecular complexity index is 470. The Labute approximate surface area is 119 Å². The topological polar surface area (TPSA) is 50.8 Å². The number of amides is 1. The Hall–Kier alpha value is -1.75. The first-order valence-corrected chi connectivity index (χ1v) is 6.84. The molecule has 1 aliphatic rings. The fourth-order valence-electron chi connectivity index (χ4n) is 1.83. The SMILES string of the molecule is COc1cccc(CNC2CC2)c1OCC(=O)N(C)C. The van der Waals surface area contributed by atoms with Crippen LogP contribution in [0.25, 0.3) is 0 Å². The lowest BCUT2D eigenvalue weighted by Gasteiger charge is -2.16. The van der Waals surface area contributed by atoms with Crippen molar-refractivity contribution < 1.29 is 14.3 Å². The van der Waals surface area contributed by atoms with Crippen LogP contribution >= 0.6 is 0 Å². The van der Waals surface area contributed by atoms with Crippen molar-refractivity contribution >= 4 is 5.91 Å². The van der Waals surface area contributed by atoms with Crippen LogP contribution in [0.2, 0.25) is 0 Å².